The van der Waals surface area contributed by atoms with E-state index in [0.717, 1.165) is 16.5 Å². The lowest BCUT2D eigenvalue weighted by molar-refractivity contribution is -0.144. The molecule has 5 unspecified atom stereocenters. The van der Waals surface area contributed by atoms with Gasteiger partial charge in [-0.05, 0) is 37.8 Å². The first kappa shape index (κ1) is 26.8. The number of aromatic nitrogens is 1. The molecule has 186 valence electrons. The van der Waals surface area contributed by atoms with E-state index in [1.54, 1.807) is 20.0 Å². The minimum Gasteiger partial charge on any atom is -0.480 e. The van der Waals surface area contributed by atoms with Crippen molar-refractivity contribution in [3.63, 3.8) is 0 Å². The Morgan fingerprint density at radius 3 is 2.15 bits per heavy atom. The van der Waals surface area contributed by atoms with Gasteiger partial charge >= 0.3 is 5.97 Å². The van der Waals surface area contributed by atoms with Gasteiger partial charge in [-0.15, -0.1) is 0 Å². The number of rotatable bonds is 11. The second-order valence-corrected chi connectivity index (χ2v) is 8.70. The fourth-order valence-electron chi connectivity index (χ4n) is 3.46. The number of aromatic amines is 1. The van der Waals surface area contributed by atoms with E-state index in [1.165, 1.54) is 13.8 Å². The Hall–Kier alpha value is -3.44. The van der Waals surface area contributed by atoms with Gasteiger partial charge < -0.3 is 36.9 Å². The van der Waals surface area contributed by atoms with Gasteiger partial charge in [-0.3, -0.25) is 14.4 Å². The van der Waals surface area contributed by atoms with Gasteiger partial charge in [-0.25, -0.2) is 4.79 Å². The average molecular weight is 476 g/mol. The standard InChI is InChI=1S/C23H33N5O6/c1-11(2)18(23(33)34)27-22(32)19(13(4)29)28-20(30)12(3)26-21(31)16(24)9-14-10-25-17-8-6-5-7-15(14)17/h5-8,10-13,16,18-19,25,29H,9,24H2,1-4H3,(H,26,31)(H,27,32)(H,28,30)(H,33,34). The van der Waals surface area contributed by atoms with Crippen molar-refractivity contribution >= 4 is 34.6 Å². The third-order valence-electron chi connectivity index (χ3n) is 5.50. The molecule has 11 nitrogen and oxygen atoms in total. The molecule has 1 aromatic heterocycles. The van der Waals surface area contributed by atoms with Crippen molar-refractivity contribution in [2.45, 2.75) is 64.4 Å². The molecule has 1 heterocycles. The SMILES string of the molecule is CC(NC(=O)C(N)Cc1c[nH]c2ccccc12)C(=O)NC(C(=O)NC(C(=O)O)C(C)C)C(C)O. The van der Waals surface area contributed by atoms with E-state index >= 15 is 0 Å². The molecule has 0 aliphatic rings. The highest BCUT2D eigenvalue weighted by Gasteiger charge is 2.32. The number of aliphatic hydroxyl groups is 1. The van der Waals surface area contributed by atoms with Gasteiger partial charge in [-0.1, -0.05) is 32.0 Å². The first-order valence-electron chi connectivity index (χ1n) is 11.0. The largest absolute Gasteiger partial charge is 0.480 e. The van der Waals surface area contributed by atoms with Gasteiger partial charge in [-0.2, -0.15) is 0 Å². The van der Waals surface area contributed by atoms with Crippen LogP contribution in [0.3, 0.4) is 0 Å². The topological polar surface area (TPSA) is 187 Å². The lowest BCUT2D eigenvalue weighted by Crippen LogP contribution is -2.59. The Morgan fingerprint density at radius 1 is 0.941 bits per heavy atom. The molecule has 34 heavy (non-hydrogen) atoms. The summed E-state index contributed by atoms with van der Waals surface area (Å²) in [6.45, 7) is 5.94. The minimum atomic E-state index is -1.41. The fourth-order valence-corrected chi connectivity index (χ4v) is 3.46. The molecule has 3 amide bonds. The number of amides is 3. The van der Waals surface area contributed by atoms with Gasteiger partial charge in [0.1, 0.15) is 18.1 Å². The summed E-state index contributed by atoms with van der Waals surface area (Å²) in [5.41, 5.74) is 7.82. The van der Waals surface area contributed by atoms with Crippen LogP contribution in [-0.2, 0) is 25.6 Å². The van der Waals surface area contributed by atoms with E-state index in [4.69, 9.17) is 5.73 Å². The molecule has 5 atom stereocenters. The number of carboxylic acid groups (broad SMARTS) is 1. The summed E-state index contributed by atoms with van der Waals surface area (Å²) in [7, 11) is 0. The monoisotopic (exact) mass is 475 g/mol. The van der Waals surface area contributed by atoms with Crippen molar-refractivity contribution in [1.82, 2.24) is 20.9 Å². The Kier molecular flexibility index (Phi) is 9.16. The first-order valence-corrected chi connectivity index (χ1v) is 11.0. The molecule has 11 heteroatoms. The Bertz CT molecular complexity index is 1030. The number of carboxylic acids is 1. The zero-order valence-corrected chi connectivity index (χ0v) is 19.7. The minimum absolute atomic E-state index is 0.245. The fraction of sp³-hybridized carbons (Fsp3) is 0.478. The predicted octanol–water partition coefficient (Wildman–Crippen LogP) is -0.367. The van der Waals surface area contributed by atoms with E-state index in [9.17, 15) is 29.4 Å². The molecule has 2 rings (SSSR count). The number of hydrogen-bond acceptors (Lipinski definition) is 6. The number of aliphatic carboxylic acids is 1. The van der Waals surface area contributed by atoms with E-state index in [2.05, 4.69) is 20.9 Å². The molecular weight excluding hydrogens is 442 g/mol. The smallest absolute Gasteiger partial charge is 0.326 e. The first-order chi connectivity index (χ1) is 15.9. The van der Waals surface area contributed by atoms with E-state index in [1.807, 2.05) is 24.3 Å². The van der Waals surface area contributed by atoms with Crippen LogP contribution in [0.15, 0.2) is 30.5 Å². The molecule has 0 spiro atoms. The number of nitrogens with two attached hydrogens (primary N) is 1. The summed E-state index contributed by atoms with van der Waals surface area (Å²) in [6.07, 6.45) is 0.716. The quantitative estimate of drug-likeness (QED) is 0.231. The summed E-state index contributed by atoms with van der Waals surface area (Å²) in [6, 6.07) is 3.01. The van der Waals surface area contributed by atoms with Crippen LogP contribution in [0.4, 0.5) is 0 Å². The van der Waals surface area contributed by atoms with Crippen LogP contribution < -0.4 is 21.7 Å². The molecule has 8 N–H and O–H groups in total. The summed E-state index contributed by atoms with van der Waals surface area (Å²) >= 11 is 0. The molecule has 0 aliphatic carbocycles. The van der Waals surface area contributed by atoms with Crippen LogP contribution in [0.2, 0.25) is 0 Å². The lowest BCUT2D eigenvalue weighted by atomic mass is 10.0. The Balaban J connectivity index is 1.97. The number of carbonyl (C=O) groups is 4. The maximum atomic E-state index is 12.6. The van der Waals surface area contributed by atoms with Crippen molar-refractivity contribution in [3.05, 3.63) is 36.0 Å². The summed E-state index contributed by atoms with van der Waals surface area (Å²) in [5, 5.41) is 27.4. The third-order valence-corrected chi connectivity index (χ3v) is 5.50. The molecule has 0 saturated heterocycles. The Morgan fingerprint density at radius 2 is 1.56 bits per heavy atom. The van der Waals surface area contributed by atoms with Gasteiger partial charge in [0, 0.05) is 17.1 Å². The number of fused-ring (bicyclic) bond motifs is 1. The summed E-state index contributed by atoms with van der Waals surface area (Å²) < 4.78 is 0. The molecule has 0 saturated carbocycles. The highest BCUT2D eigenvalue weighted by molar-refractivity contribution is 5.94. The van der Waals surface area contributed by atoms with E-state index in [-0.39, 0.29) is 6.42 Å². The van der Waals surface area contributed by atoms with Crippen molar-refractivity contribution in [2.75, 3.05) is 0 Å². The lowest BCUT2D eigenvalue weighted by Gasteiger charge is -2.26. The van der Waals surface area contributed by atoms with Crippen LogP contribution in [-0.4, -0.2) is 69.2 Å². The van der Waals surface area contributed by atoms with Gasteiger partial charge in [0.25, 0.3) is 0 Å². The van der Waals surface area contributed by atoms with Crippen LogP contribution in [0.25, 0.3) is 10.9 Å². The highest BCUT2D eigenvalue weighted by atomic mass is 16.4. The molecule has 2 aromatic rings. The number of aliphatic hydroxyl groups excluding tert-OH is 1. The second kappa shape index (κ2) is 11.6. The predicted molar refractivity (Wildman–Crippen MR) is 126 cm³/mol. The van der Waals surface area contributed by atoms with Gasteiger partial charge in [0.05, 0.1) is 12.1 Å². The van der Waals surface area contributed by atoms with Crippen LogP contribution >= 0.6 is 0 Å². The molecule has 0 aliphatic heterocycles. The molecular formula is C23H33N5O6. The Labute approximate surface area is 197 Å². The number of para-hydroxylation sites is 1. The van der Waals surface area contributed by atoms with E-state index < -0.39 is 59.9 Å². The molecule has 0 bridgehead atoms. The number of nitrogens with one attached hydrogen (secondary N) is 4. The molecule has 0 fully saturated rings. The third kappa shape index (κ3) is 6.78. The molecule has 0 radical (unpaired) electrons. The van der Waals surface area contributed by atoms with Crippen LogP contribution in [0, 0.1) is 5.92 Å². The zero-order valence-electron chi connectivity index (χ0n) is 19.7. The van der Waals surface area contributed by atoms with Crippen molar-refractivity contribution < 1.29 is 29.4 Å². The number of benzene rings is 1. The number of carbonyl (C=O) groups excluding carboxylic acids is 3. The van der Waals surface area contributed by atoms with Crippen molar-refractivity contribution in [1.29, 1.82) is 0 Å². The zero-order chi connectivity index (χ0) is 25.6. The van der Waals surface area contributed by atoms with Crippen molar-refractivity contribution in [2.24, 2.45) is 11.7 Å². The maximum Gasteiger partial charge on any atom is 0.326 e. The second-order valence-electron chi connectivity index (χ2n) is 8.70. The van der Waals surface area contributed by atoms with Gasteiger partial charge in [0.15, 0.2) is 0 Å². The maximum absolute atomic E-state index is 12.6. The molecule has 1 aromatic carbocycles. The summed E-state index contributed by atoms with van der Waals surface area (Å²) in [5.74, 6) is -3.78. The number of hydrogen-bond donors (Lipinski definition) is 7. The highest BCUT2D eigenvalue weighted by Crippen LogP contribution is 2.18. The summed E-state index contributed by atoms with van der Waals surface area (Å²) in [4.78, 5) is 52.1. The van der Waals surface area contributed by atoms with Gasteiger partial charge in [0.2, 0.25) is 17.7 Å². The number of H-pyrrole nitrogens is 1. The normalized spacial score (nSPS) is 15.7. The van der Waals surface area contributed by atoms with E-state index in [0.29, 0.717) is 0 Å². The van der Waals surface area contributed by atoms with Crippen LogP contribution in [0.1, 0.15) is 33.3 Å². The average Bonchev–Trinajstić information content (AvgIpc) is 3.17. The van der Waals surface area contributed by atoms with Crippen LogP contribution in [0.5, 0.6) is 0 Å². The van der Waals surface area contributed by atoms with Crippen molar-refractivity contribution in [3.8, 4) is 0 Å².